The third kappa shape index (κ3) is 3.89. The van der Waals surface area contributed by atoms with Gasteiger partial charge in [0.25, 0.3) is 0 Å². The quantitative estimate of drug-likeness (QED) is 0.784. The molecule has 2 heterocycles. The van der Waals surface area contributed by atoms with Gasteiger partial charge in [0.05, 0.1) is 17.3 Å². The fraction of sp³-hybridized carbons (Fsp3) is 0.111. The van der Waals surface area contributed by atoms with E-state index in [1.54, 1.807) is 24.5 Å². The van der Waals surface area contributed by atoms with Crippen molar-refractivity contribution in [1.29, 1.82) is 5.26 Å². The number of aromatic nitrogens is 3. The molecule has 0 aliphatic heterocycles. The van der Waals surface area contributed by atoms with Crippen molar-refractivity contribution in [3.05, 3.63) is 72.2 Å². The molecule has 0 aliphatic carbocycles. The minimum Gasteiger partial charge on any atom is -0.354 e. The Labute approximate surface area is 134 Å². The van der Waals surface area contributed by atoms with E-state index in [1.165, 1.54) is 0 Å². The van der Waals surface area contributed by atoms with Crippen molar-refractivity contribution in [2.24, 2.45) is 0 Å². The molecule has 0 saturated carbocycles. The molecule has 0 bridgehead atoms. The normalized spacial score (nSPS) is 10.0. The van der Waals surface area contributed by atoms with Crippen molar-refractivity contribution < 1.29 is 0 Å². The number of nitrogens with one attached hydrogen (secondary N) is 1. The number of benzene rings is 1. The topological polar surface area (TPSA) is 74.5 Å². The van der Waals surface area contributed by atoms with Crippen LogP contribution < -0.4 is 5.32 Å². The molecular weight excluding hydrogens is 286 g/mol. The van der Waals surface area contributed by atoms with Gasteiger partial charge in [0, 0.05) is 36.6 Å². The fourth-order valence-corrected chi connectivity index (χ4v) is 2.17. The van der Waals surface area contributed by atoms with Crippen molar-refractivity contribution in [2.45, 2.75) is 6.42 Å². The summed E-state index contributed by atoms with van der Waals surface area (Å²) in [5.41, 5.74) is 3.45. The van der Waals surface area contributed by atoms with E-state index in [1.807, 2.05) is 36.4 Å². The molecule has 5 heteroatoms. The zero-order valence-electron chi connectivity index (χ0n) is 12.5. The van der Waals surface area contributed by atoms with Gasteiger partial charge in [0.1, 0.15) is 0 Å². The molecule has 5 nitrogen and oxygen atoms in total. The number of hydrogen-bond donors (Lipinski definition) is 1. The SMILES string of the molecule is N#Cc1ccc(-c2ccnc(NCCc3ccccn3)n2)cc1. The summed E-state index contributed by atoms with van der Waals surface area (Å²) < 4.78 is 0. The first-order valence-electron chi connectivity index (χ1n) is 7.32. The van der Waals surface area contributed by atoms with Crippen molar-refractivity contribution in [3.8, 4) is 17.3 Å². The molecule has 0 radical (unpaired) electrons. The second-order valence-corrected chi connectivity index (χ2v) is 4.95. The van der Waals surface area contributed by atoms with Crippen molar-refractivity contribution in [2.75, 3.05) is 11.9 Å². The molecule has 0 saturated heterocycles. The first-order chi connectivity index (χ1) is 11.3. The molecule has 0 spiro atoms. The Morgan fingerprint density at radius 1 is 0.957 bits per heavy atom. The van der Waals surface area contributed by atoms with Gasteiger partial charge in [0.2, 0.25) is 5.95 Å². The van der Waals surface area contributed by atoms with E-state index in [0.29, 0.717) is 18.1 Å². The van der Waals surface area contributed by atoms with Gasteiger partial charge < -0.3 is 5.32 Å². The van der Waals surface area contributed by atoms with Gasteiger partial charge in [-0.2, -0.15) is 5.26 Å². The second-order valence-electron chi connectivity index (χ2n) is 4.95. The summed E-state index contributed by atoms with van der Waals surface area (Å²) in [6, 6.07) is 17.2. The third-order valence-corrected chi connectivity index (χ3v) is 3.36. The average molecular weight is 301 g/mol. The van der Waals surface area contributed by atoms with Crippen LogP contribution in [-0.4, -0.2) is 21.5 Å². The standard InChI is InChI=1S/C18H15N5/c19-13-14-4-6-15(7-5-14)17-9-12-22-18(23-17)21-11-8-16-3-1-2-10-20-16/h1-7,9-10,12H,8,11H2,(H,21,22,23). The van der Waals surface area contributed by atoms with Crippen LogP contribution >= 0.6 is 0 Å². The van der Waals surface area contributed by atoms with Crippen LogP contribution in [-0.2, 0) is 6.42 Å². The molecule has 0 fully saturated rings. The Morgan fingerprint density at radius 2 is 1.83 bits per heavy atom. The lowest BCUT2D eigenvalue weighted by atomic mass is 10.1. The van der Waals surface area contributed by atoms with E-state index in [0.717, 1.165) is 23.4 Å². The minimum atomic E-state index is 0.586. The summed E-state index contributed by atoms with van der Waals surface area (Å²) in [5.74, 6) is 0.586. The van der Waals surface area contributed by atoms with Crippen molar-refractivity contribution in [1.82, 2.24) is 15.0 Å². The van der Waals surface area contributed by atoms with Crippen molar-refractivity contribution >= 4 is 5.95 Å². The van der Waals surface area contributed by atoms with E-state index >= 15 is 0 Å². The summed E-state index contributed by atoms with van der Waals surface area (Å²) in [7, 11) is 0. The summed E-state index contributed by atoms with van der Waals surface area (Å²) in [5, 5.41) is 12.1. The molecular formula is C18H15N5. The second kappa shape index (κ2) is 7.14. The summed E-state index contributed by atoms with van der Waals surface area (Å²) in [4.78, 5) is 13.0. The molecule has 0 unspecified atom stereocenters. The van der Waals surface area contributed by atoms with Gasteiger partial charge in [-0.15, -0.1) is 0 Å². The Bertz CT molecular complexity index is 807. The number of nitrogens with zero attached hydrogens (tertiary/aromatic N) is 4. The van der Waals surface area contributed by atoms with Gasteiger partial charge in [-0.25, -0.2) is 9.97 Å². The van der Waals surface area contributed by atoms with Crippen LogP contribution in [0.2, 0.25) is 0 Å². The number of hydrogen-bond acceptors (Lipinski definition) is 5. The lowest BCUT2D eigenvalue weighted by Crippen LogP contribution is -2.08. The van der Waals surface area contributed by atoms with Crippen LogP contribution in [0.25, 0.3) is 11.3 Å². The summed E-state index contributed by atoms with van der Waals surface area (Å²) in [6.45, 7) is 0.716. The summed E-state index contributed by atoms with van der Waals surface area (Å²) in [6.07, 6.45) is 4.33. The largest absolute Gasteiger partial charge is 0.354 e. The van der Waals surface area contributed by atoms with Gasteiger partial charge in [-0.05, 0) is 30.3 Å². The maximum atomic E-state index is 8.84. The first kappa shape index (κ1) is 14.7. The van der Waals surface area contributed by atoms with E-state index < -0.39 is 0 Å². The predicted octanol–water partition coefficient (Wildman–Crippen LogP) is 3.06. The molecule has 3 aromatic rings. The van der Waals surface area contributed by atoms with Gasteiger partial charge in [0.15, 0.2) is 0 Å². The zero-order valence-corrected chi connectivity index (χ0v) is 12.5. The lowest BCUT2D eigenvalue weighted by Gasteiger charge is -2.06. The van der Waals surface area contributed by atoms with Crippen LogP contribution in [0.1, 0.15) is 11.3 Å². The van der Waals surface area contributed by atoms with E-state index in [2.05, 4.69) is 26.3 Å². The van der Waals surface area contributed by atoms with Crippen molar-refractivity contribution in [3.63, 3.8) is 0 Å². The van der Waals surface area contributed by atoms with Gasteiger partial charge >= 0.3 is 0 Å². The smallest absolute Gasteiger partial charge is 0.223 e. The minimum absolute atomic E-state index is 0.586. The highest BCUT2D eigenvalue weighted by molar-refractivity contribution is 5.61. The molecule has 23 heavy (non-hydrogen) atoms. The molecule has 1 N–H and O–H groups in total. The van der Waals surface area contributed by atoms with E-state index in [4.69, 9.17) is 5.26 Å². The Balaban J connectivity index is 1.66. The molecule has 1 aromatic carbocycles. The maximum absolute atomic E-state index is 8.84. The van der Waals surface area contributed by atoms with Gasteiger partial charge in [-0.1, -0.05) is 18.2 Å². The summed E-state index contributed by atoms with van der Waals surface area (Å²) >= 11 is 0. The maximum Gasteiger partial charge on any atom is 0.223 e. The number of pyridine rings is 1. The predicted molar refractivity (Wildman–Crippen MR) is 88.6 cm³/mol. The van der Waals surface area contributed by atoms with Crippen LogP contribution in [0.5, 0.6) is 0 Å². The van der Waals surface area contributed by atoms with E-state index in [-0.39, 0.29) is 0 Å². The van der Waals surface area contributed by atoms with Crippen LogP contribution in [0, 0.1) is 11.3 Å². The first-order valence-corrected chi connectivity index (χ1v) is 7.32. The zero-order chi connectivity index (χ0) is 15.9. The lowest BCUT2D eigenvalue weighted by molar-refractivity contribution is 0.942. The number of rotatable bonds is 5. The molecule has 0 amide bonds. The molecule has 3 rings (SSSR count). The number of anilines is 1. The molecule has 112 valence electrons. The number of nitriles is 1. The fourth-order valence-electron chi connectivity index (χ4n) is 2.17. The molecule has 0 aliphatic rings. The highest BCUT2D eigenvalue weighted by Crippen LogP contribution is 2.18. The molecule has 2 aromatic heterocycles. The highest BCUT2D eigenvalue weighted by atomic mass is 15.1. The van der Waals surface area contributed by atoms with Gasteiger partial charge in [-0.3, -0.25) is 4.98 Å². The van der Waals surface area contributed by atoms with Crippen LogP contribution in [0.3, 0.4) is 0 Å². The Hall–Kier alpha value is -3.26. The highest BCUT2D eigenvalue weighted by Gasteiger charge is 2.03. The third-order valence-electron chi connectivity index (χ3n) is 3.36. The molecule has 0 atom stereocenters. The Kier molecular flexibility index (Phi) is 4.55. The van der Waals surface area contributed by atoms with Crippen LogP contribution in [0.4, 0.5) is 5.95 Å². The van der Waals surface area contributed by atoms with E-state index in [9.17, 15) is 0 Å². The monoisotopic (exact) mass is 301 g/mol. The average Bonchev–Trinajstić information content (AvgIpc) is 2.63. The Morgan fingerprint density at radius 3 is 2.57 bits per heavy atom. The van der Waals surface area contributed by atoms with Crippen LogP contribution in [0.15, 0.2) is 60.9 Å².